The fourth-order valence-corrected chi connectivity index (χ4v) is 0.939. The van der Waals surface area contributed by atoms with Gasteiger partial charge in [-0.15, -0.1) is 0 Å². The number of nitrogens with zero attached hydrogens (tertiary/aromatic N) is 1. The lowest BCUT2D eigenvalue weighted by Crippen LogP contribution is -2.37. The SMILES string of the molecule is NCCC(=O)NNCc1ccncc1. The molecule has 76 valence electrons. The molecule has 1 heterocycles. The first-order chi connectivity index (χ1) is 6.83. The lowest BCUT2D eigenvalue weighted by molar-refractivity contribution is -0.121. The molecule has 1 aromatic heterocycles. The average molecular weight is 194 g/mol. The maximum absolute atomic E-state index is 11.0. The molecule has 0 saturated heterocycles. The zero-order chi connectivity index (χ0) is 10.2. The number of rotatable bonds is 5. The summed E-state index contributed by atoms with van der Waals surface area (Å²) in [5, 5.41) is 0. The number of carbonyl (C=O) groups excluding carboxylic acids is 1. The predicted octanol–water partition coefficient (Wildman–Crippen LogP) is -0.449. The number of hydrogen-bond donors (Lipinski definition) is 3. The molecule has 0 aromatic carbocycles. The highest BCUT2D eigenvalue weighted by Gasteiger charge is 1.97. The first-order valence-corrected chi connectivity index (χ1v) is 4.43. The van der Waals surface area contributed by atoms with Crippen molar-refractivity contribution in [2.75, 3.05) is 6.54 Å². The van der Waals surface area contributed by atoms with Gasteiger partial charge in [-0.25, -0.2) is 5.43 Å². The third kappa shape index (κ3) is 3.97. The Balaban J connectivity index is 2.19. The molecule has 0 fully saturated rings. The lowest BCUT2D eigenvalue weighted by atomic mass is 10.3. The molecule has 5 nitrogen and oxygen atoms in total. The number of pyridine rings is 1. The molecule has 5 heteroatoms. The van der Waals surface area contributed by atoms with Crippen molar-refractivity contribution >= 4 is 5.91 Å². The highest BCUT2D eigenvalue weighted by atomic mass is 16.2. The van der Waals surface area contributed by atoms with Crippen molar-refractivity contribution in [2.24, 2.45) is 5.73 Å². The van der Waals surface area contributed by atoms with Crippen molar-refractivity contribution < 1.29 is 4.79 Å². The molecule has 1 rings (SSSR count). The standard InChI is InChI=1S/C9H14N4O/c10-4-1-9(14)13-12-7-8-2-5-11-6-3-8/h2-3,5-6,12H,1,4,7,10H2,(H,13,14). The Morgan fingerprint density at radius 2 is 2.14 bits per heavy atom. The summed E-state index contributed by atoms with van der Waals surface area (Å²) in [7, 11) is 0. The van der Waals surface area contributed by atoms with Crippen molar-refractivity contribution in [3.05, 3.63) is 30.1 Å². The number of hydrogen-bond acceptors (Lipinski definition) is 4. The van der Waals surface area contributed by atoms with Gasteiger partial charge in [0, 0.05) is 31.9 Å². The minimum absolute atomic E-state index is 0.0958. The Morgan fingerprint density at radius 1 is 1.43 bits per heavy atom. The van der Waals surface area contributed by atoms with E-state index in [-0.39, 0.29) is 5.91 Å². The van der Waals surface area contributed by atoms with Crippen LogP contribution in [0.25, 0.3) is 0 Å². The normalized spacial score (nSPS) is 9.79. The second kappa shape index (κ2) is 6.06. The van der Waals surface area contributed by atoms with Crippen LogP contribution in [0.3, 0.4) is 0 Å². The van der Waals surface area contributed by atoms with E-state index in [1.807, 2.05) is 12.1 Å². The second-order valence-corrected chi connectivity index (χ2v) is 2.80. The van der Waals surface area contributed by atoms with E-state index in [1.165, 1.54) is 0 Å². The van der Waals surface area contributed by atoms with Crippen LogP contribution in [0, 0.1) is 0 Å². The van der Waals surface area contributed by atoms with Crippen molar-refractivity contribution in [1.29, 1.82) is 0 Å². The van der Waals surface area contributed by atoms with Gasteiger partial charge in [-0.1, -0.05) is 0 Å². The fraction of sp³-hybridized carbons (Fsp3) is 0.333. The predicted molar refractivity (Wildman–Crippen MR) is 52.9 cm³/mol. The van der Waals surface area contributed by atoms with Gasteiger partial charge in [0.25, 0.3) is 0 Å². The van der Waals surface area contributed by atoms with Crippen molar-refractivity contribution in [2.45, 2.75) is 13.0 Å². The number of nitrogens with one attached hydrogen (secondary N) is 2. The van der Waals surface area contributed by atoms with Gasteiger partial charge < -0.3 is 5.73 Å². The topological polar surface area (TPSA) is 80.0 Å². The van der Waals surface area contributed by atoms with E-state index in [9.17, 15) is 4.79 Å². The molecule has 0 atom stereocenters. The van der Waals surface area contributed by atoms with Gasteiger partial charge in [0.2, 0.25) is 5.91 Å². The molecule has 0 aliphatic carbocycles. The molecule has 1 amide bonds. The minimum atomic E-state index is -0.0958. The summed E-state index contributed by atoms with van der Waals surface area (Å²) in [6, 6.07) is 3.75. The molecule has 0 unspecified atom stereocenters. The highest BCUT2D eigenvalue weighted by Crippen LogP contribution is 1.93. The van der Waals surface area contributed by atoms with Gasteiger partial charge in [-0.3, -0.25) is 15.2 Å². The van der Waals surface area contributed by atoms with Crippen LogP contribution in [0.15, 0.2) is 24.5 Å². The molecule has 0 aliphatic heterocycles. The summed E-state index contributed by atoms with van der Waals surface area (Å²) >= 11 is 0. The summed E-state index contributed by atoms with van der Waals surface area (Å²) < 4.78 is 0. The number of nitrogens with two attached hydrogens (primary N) is 1. The Hall–Kier alpha value is -1.46. The molecular weight excluding hydrogens is 180 g/mol. The third-order valence-electron chi connectivity index (χ3n) is 1.64. The minimum Gasteiger partial charge on any atom is -0.330 e. The number of carbonyl (C=O) groups is 1. The Bertz CT molecular complexity index is 275. The molecule has 0 saturated carbocycles. The van der Waals surface area contributed by atoms with E-state index in [1.54, 1.807) is 12.4 Å². The highest BCUT2D eigenvalue weighted by molar-refractivity contribution is 5.75. The summed E-state index contributed by atoms with van der Waals surface area (Å²) in [4.78, 5) is 14.9. The van der Waals surface area contributed by atoms with Crippen LogP contribution < -0.4 is 16.6 Å². The smallest absolute Gasteiger partial charge is 0.235 e. The quantitative estimate of drug-likeness (QED) is 0.555. The van der Waals surface area contributed by atoms with Crippen LogP contribution >= 0.6 is 0 Å². The molecule has 0 spiro atoms. The van der Waals surface area contributed by atoms with Crippen LogP contribution in [0.4, 0.5) is 0 Å². The number of amides is 1. The first-order valence-electron chi connectivity index (χ1n) is 4.43. The largest absolute Gasteiger partial charge is 0.330 e. The first kappa shape index (κ1) is 10.6. The van der Waals surface area contributed by atoms with Crippen molar-refractivity contribution in [1.82, 2.24) is 15.8 Å². The maximum Gasteiger partial charge on any atom is 0.235 e. The van der Waals surface area contributed by atoms with E-state index < -0.39 is 0 Å². The molecule has 14 heavy (non-hydrogen) atoms. The molecule has 0 radical (unpaired) electrons. The zero-order valence-electron chi connectivity index (χ0n) is 7.86. The van der Waals surface area contributed by atoms with Crippen molar-refractivity contribution in [3.8, 4) is 0 Å². The number of aromatic nitrogens is 1. The zero-order valence-corrected chi connectivity index (χ0v) is 7.86. The Kier molecular flexibility index (Phi) is 4.60. The molecular formula is C9H14N4O. The van der Waals surface area contributed by atoms with Gasteiger partial charge >= 0.3 is 0 Å². The third-order valence-corrected chi connectivity index (χ3v) is 1.64. The number of hydrazine groups is 1. The molecule has 1 aromatic rings. The summed E-state index contributed by atoms with van der Waals surface area (Å²) in [5.41, 5.74) is 11.6. The fourth-order valence-electron chi connectivity index (χ4n) is 0.939. The van der Waals surface area contributed by atoms with E-state index in [2.05, 4.69) is 15.8 Å². The van der Waals surface area contributed by atoms with E-state index >= 15 is 0 Å². The Morgan fingerprint density at radius 3 is 2.79 bits per heavy atom. The van der Waals surface area contributed by atoms with E-state index in [0.717, 1.165) is 5.56 Å². The second-order valence-electron chi connectivity index (χ2n) is 2.80. The van der Waals surface area contributed by atoms with Crippen molar-refractivity contribution in [3.63, 3.8) is 0 Å². The molecule has 0 aliphatic rings. The summed E-state index contributed by atoms with van der Waals surface area (Å²) in [5.74, 6) is -0.0958. The van der Waals surface area contributed by atoms with E-state index in [0.29, 0.717) is 19.5 Å². The van der Waals surface area contributed by atoms with Gasteiger partial charge in [0.05, 0.1) is 0 Å². The maximum atomic E-state index is 11.0. The van der Waals surface area contributed by atoms with Gasteiger partial charge in [0.15, 0.2) is 0 Å². The van der Waals surface area contributed by atoms with Crippen LogP contribution in [0.2, 0.25) is 0 Å². The van der Waals surface area contributed by atoms with Gasteiger partial charge in [-0.05, 0) is 17.7 Å². The van der Waals surface area contributed by atoms with Crippen LogP contribution in [0.1, 0.15) is 12.0 Å². The Labute approximate surface area is 82.7 Å². The lowest BCUT2D eigenvalue weighted by Gasteiger charge is -2.05. The van der Waals surface area contributed by atoms with Crippen LogP contribution in [0.5, 0.6) is 0 Å². The van der Waals surface area contributed by atoms with E-state index in [4.69, 9.17) is 5.73 Å². The average Bonchev–Trinajstić information content (AvgIpc) is 2.20. The summed E-state index contributed by atoms with van der Waals surface area (Å²) in [6.45, 7) is 0.946. The summed E-state index contributed by atoms with van der Waals surface area (Å²) in [6.07, 6.45) is 3.75. The van der Waals surface area contributed by atoms with Crippen LogP contribution in [-0.2, 0) is 11.3 Å². The van der Waals surface area contributed by atoms with Crippen LogP contribution in [-0.4, -0.2) is 17.4 Å². The molecule has 4 N–H and O–H groups in total. The van der Waals surface area contributed by atoms with Gasteiger partial charge in [0.1, 0.15) is 0 Å². The molecule has 0 bridgehead atoms. The van der Waals surface area contributed by atoms with Gasteiger partial charge in [-0.2, -0.15) is 0 Å². The monoisotopic (exact) mass is 194 g/mol.